The Balaban J connectivity index is 2.99. The van der Waals surface area contributed by atoms with Gasteiger partial charge >= 0.3 is 0 Å². The first-order valence-electron chi connectivity index (χ1n) is 3.93. The molecule has 76 valence electrons. The second-order valence-corrected chi connectivity index (χ2v) is 2.41. The van der Waals surface area contributed by atoms with Crippen molar-refractivity contribution in [3.05, 3.63) is 17.8 Å². The molecule has 1 heterocycles. The summed E-state index contributed by atoms with van der Waals surface area (Å²) in [6.45, 7) is 0.0445. The van der Waals surface area contributed by atoms with Crippen LogP contribution < -0.4 is 9.47 Å². The van der Waals surface area contributed by atoms with E-state index in [1.165, 1.54) is 20.4 Å². The van der Waals surface area contributed by atoms with Crippen LogP contribution in [0.1, 0.15) is 10.4 Å². The van der Waals surface area contributed by atoms with E-state index in [9.17, 15) is 4.79 Å². The lowest BCUT2D eigenvalue weighted by atomic mass is 10.2. The van der Waals surface area contributed by atoms with E-state index in [1.54, 1.807) is 6.07 Å². The minimum atomic E-state index is 0.0445. The lowest BCUT2D eigenvalue weighted by molar-refractivity contribution is 0.0480. The smallest absolute Gasteiger partial charge is 0.257 e. The number of carbonyl (C=O) groups excluding carboxylic acids is 1. The summed E-state index contributed by atoms with van der Waals surface area (Å²) in [4.78, 5) is 14.6. The number of nitrogens with zero attached hydrogens (tertiary/aromatic N) is 1. The zero-order valence-corrected chi connectivity index (χ0v) is 8.02. The van der Waals surface area contributed by atoms with Crippen molar-refractivity contribution >= 4 is 6.29 Å². The molecule has 1 rings (SSSR count). The molecule has 0 aliphatic heterocycles. The van der Waals surface area contributed by atoms with Crippen LogP contribution in [0.4, 0.5) is 0 Å². The van der Waals surface area contributed by atoms with Crippen LogP contribution in [0.2, 0.25) is 0 Å². The number of ether oxygens (including phenoxy) is 3. The Morgan fingerprint density at radius 1 is 1.50 bits per heavy atom. The molecule has 0 unspecified atom stereocenters. The van der Waals surface area contributed by atoms with Gasteiger partial charge in [-0.2, -0.15) is 0 Å². The maximum absolute atomic E-state index is 10.7. The van der Waals surface area contributed by atoms with E-state index >= 15 is 0 Å². The van der Waals surface area contributed by atoms with Crippen LogP contribution in [0.25, 0.3) is 0 Å². The van der Waals surface area contributed by atoms with Crippen molar-refractivity contribution in [2.75, 3.05) is 21.0 Å². The molecule has 0 bridgehead atoms. The van der Waals surface area contributed by atoms with E-state index in [4.69, 9.17) is 14.2 Å². The van der Waals surface area contributed by atoms with Crippen molar-refractivity contribution in [1.82, 2.24) is 4.98 Å². The second kappa shape index (κ2) is 5.18. The quantitative estimate of drug-likeness (QED) is 0.518. The van der Waals surface area contributed by atoms with Crippen molar-refractivity contribution in [2.24, 2.45) is 0 Å². The van der Waals surface area contributed by atoms with Gasteiger partial charge in [0.25, 0.3) is 5.88 Å². The first-order chi connectivity index (χ1) is 6.83. The van der Waals surface area contributed by atoms with Crippen LogP contribution in [-0.2, 0) is 4.74 Å². The summed E-state index contributed by atoms with van der Waals surface area (Å²) in [5, 5.41) is 0. The first-order valence-corrected chi connectivity index (χ1v) is 3.93. The van der Waals surface area contributed by atoms with E-state index in [0.717, 1.165) is 0 Å². The second-order valence-electron chi connectivity index (χ2n) is 2.41. The zero-order chi connectivity index (χ0) is 10.4. The predicted molar refractivity (Wildman–Crippen MR) is 48.7 cm³/mol. The van der Waals surface area contributed by atoms with E-state index in [2.05, 4.69) is 4.98 Å². The Hall–Kier alpha value is -1.62. The van der Waals surface area contributed by atoms with Crippen LogP contribution in [0.15, 0.2) is 12.3 Å². The number of carbonyl (C=O) groups is 1. The SMILES string of the molecule is COCOc1c(C=O)ccnc1OC. The molecular formula is C9H11NO4. The van der Waals surface area contributed by atoms with Gasteiger partial charge in [0, 0.05) is 13.3 Å². The van der Waals surface area contributed by atoms with Gasteiger partial charge in [-0.15, -0.1) is 0 Å². The molecule has 0 N–H and O–H groups in total. The lowest BCUT2D eigenvalue weighted by Crippen LogP contribution is -2.04. The predicted octanol–water partition coefficient (Wildman–Crippen LogP) is 0.885. The Bertz CT molecular complexity index is 314. The van der Waals surface area contributed by atoms with Gasteiger partial charge in [-0.3, -0.25) is 4.79 Å². The highest BCUT2D eigenvalue weighted by Crippen LogP contribution is 2.27. The molecule has 0 saturated heterocycles. The van der Waals surface area contributed by atoms with Crippen molar-refractivity contribution in [3.63, 3.8) is 0 Å². The molecule has 0 aromatic carbocycles. The van der Waals surface area contributed by atoms with Crippen molar-refractivity contribution < 1.29 is 19.0 Å². The lowest BCUT2D eigenvalue weighted by Gasteiger charge is -2.09. The number of hydrogen-bond donors (Lipinski definition) is 0. The maximum atomic E-state index is 10.7. The molecule has 1 aromatic rings. The third kappa shape index (κ3) is 2.20. The third-order valence-electron chi connectivity index (χ3n) is 1.54. The fourth-order valence-electron chi connectivity index (χ4n) is 0.944. The normalized spacial score (nSPS) is 9.57. The molecule has 5 heteroatoms. The minimum Gasteiger partial charge on any atom is -0.478 e. The monoisotopic (exact) mass is 197 g/mol. The largest absolute Gasteiger partial charge is 0.478 e. The Morgan fingerprint density at radius 2 is 2.29 bits per heavy atom. The molecule has 0 radical (unpaired) electrons. The zero-order valence-electron chi connectivity index (χ0n) is 8.02. The molecule has 0 fully saturated rings. The van der Waals surface area contributed by atoms with Crippen molar-refractivity contribution in [1.29, 1.82) is 0 Å². The molecule has 0 amide bonds. The Morgan fingerprint density at radius 3 is 2.86 bits per heavy atom. The number of aromatic nitrogens is 1. The average Bonchev–Trinajstić information content (AvgIpc) is 2.25. The van der Waals surface area contributed by atoms with E-state index in [0.29, 0.717) is 17.6 Å². The average molecular weight is 197 g/mol. The molecule has 0 spiro atoms. The van der Waals surface area contributed by atoms with Gasteiger partial charge < -0.3 is 14.2 Å². The topological polar surface area (TPSA) is 57.7 Å². The van der Waals surface area contributed by atoms with Crippen LogP contribution in [0, 0.1) is 0 Å². The molecule has 1 aromatic heterocycles. The van der Waals surface area contributed by atoms with E-state index < -0.39 is 0 Å². The van der Waals surface area contributed by atoms with Gasteiger partial charge in [0.1, 0.15) is 0 Å². The Kier molecular flexibility index (Phi) is 3.87. The van der Waals surface area contributed by atoms with Gasteiger partial charge in [0.2, 0.25) is 0 Å². The van der Waals surface area contributed by atoms with Gasteiger partial charge in [-0.25, -0.2) is 4.98 Å². The molecule has 5 nitrogen and oxygen atoms in total. The highest BCUT2D eigenvalue weighted by atomic mass is 16.7. The summed E-state index contributed by atoms with van der Waals surface area (Å²) in [5.74, 6) is 0.568. The minimum absolute atomic E-state index is 0.0445. The fraction of sp³-hybridized carbons (Fsp3) is 0.333. The molecular weight excluding hydrogens is 186 g/mol. The standard InChI is InChI=1S/C9H11NO4/c1-12-6-14-8-7(5-11)3-4-10-9(8)13-2/h3-5H,6H2,1-2H3. The number of hydrogen-bond acceptors (Lipinski definition) is 5. The van der Waals surface area contributed by atoms with Crippen LogP contribution in [0.5, 0.6) is 11.6 Å². The molecule has 0 atom stereocenters. The number of rotatable bonds is 5. The van der Waals surface area contributed by atoms with E-state index in [-0.39, 0.29) is 12.7 Å². The van der Waals surface area contributed by atoms with Gasteiger partial charge in [0.05, 0.1) is 12.7 Å². The highest BCUT2D eigenvalue weighted by molar-refractivity contribution is 5.80. The molecule has 14 heavy (non-hydrogen) atoms. The van der Waals surface area contributed by atoms with Crippen molar-refractivity contribution in [2.45, 2.75) is 0 Å². The third-order valence-corrected chi connectivity index (χ3v) is 1.54. The van der Waals surface area contributed by atoms with Gasteiger partial charge in [-0.05, 0) is 6.07 Å². The Labute approximate surface area is 81.6 Å². The van der Waals surface area contributed by atoms with Crippen LogP contribution in [0.3, 0.4) is 0 Å². The summed E-state index contributed by atoms with van der Waals surface area (Å²) in [6.07, 6.45) is 2.15. The van der Waals surface area contributed by atoms with Crippen LogP contribution in [-0.4, -0.2) is 32.3 Å². The maximum Gasteiger partial charge on any atom is 0.257 e. The molecule has 0 saturated carbocycles. The van der Waals surface area contributed by atoms with Gasteiger partial charge in [-0.1, -0.05) is 0 Å². The summed E-state index contributed by atoms with van der Waals surface area (Å²) < 4.78 is 14.8. The summed E-state index contributed by atoms with van der Waals surface area (Å²) >= 11 is 0. The number of pyridine rings is 1. The number of methoxy groups -OCH3 is 2. The molecule has 0 aliphatic rings. The first kappa shape index (κ1) is 10.5. The number of aldehydes is 1. The highest BCUT2D eigenvalue weighted by Gasteiger charge is 2.10. The van der Waals surface area contributed by atoms with Crippen molar-refractivity contribution in [3.8, 4) is 11.6 Å². The summed E-state index contributed by atoms with van der Waals surface area (Å²) in [5.41, 5.74) is 0.383. The molecule has 0 aliphatic carbocycles. The fourth-order valence-corrected chi connectivity index (χ4v) is 0.944. The van der Waals surface area contributed by atoms with E-state index in [1.807, 2.05) is 0 Å². The summed E-state index contributed by atoms with van der Waals surface area (Å²) in [7, 11) is 2.94. The van der Waals surface area contributed by atoms with Crippen LogP contribution >= 0.6 is 0 Å². The van der Waals surface area contributed by atoms with Gasteiger partial charge in [0.15, 0.2) is 18.8 Å². The summed E-state index contributed by atoms with van der Waals surface area (Å²) in [6, 6.07) is 1.54.